The molecule has 0 unspecified atom stereocenters. The standard InChI is InChI=1S/C28H29FN4O5S2/c1-38-20-8-9-21-22(15-20)31-26-23(16-34)33(27(35)30-19-6-4-18(29)5-7-19)17-28(25(21)26)10-12-32(13-11-28)40(36,37)24-3-2-14-39-24/h2-9,14-15,23,31,34H,10-13,16-17H2,1H3,(H,30,35)/t23-/m1/s1. The van der Waals surface area contributed by atoms with Crippen LogP contribution >= 0.6 is 11.3 Å². The number of hydrogen-bond donors (Lipinski definition) is 3. The van der Waals surface area contributed by atoms with E-state index in [4.69, 9.17) is 4.74 Å². The molecule has 6 rings (SSSR count). The molecule has 12 heteroatoms. The summed E-state index contributed by atoms with van der Waals surface area (Å²) in [5.74, 6) is 0.258. The van der Waals surface area contributed by atoms with Crippen LogP contribution < -0.4 is 10.1 Å². The Morgan fingerprint density at radius 2 is 1.95 bits per heavy atom. The normalized spacial score (nSPS) is 19.1. The summed E-state index contributed by atoms with van der Waals surface area (Å²) in [6, 6.07) is 13.5. The van der Waals surface area contributed by atoms with E-state index in [1.807, 2.05) is 18.2 Å². The number of thiophene rings is 1. The van der Waals surface area contributed by atoms with Crippen LogP contribution in [0.4, 0.5) is 14.9 Å². The fraction of sp³-hybridized carbons (Fsp3) is 0.321. The summed E-state index contributed by atoms with van der Waals surface area (Å²) in [4.78, 5) is 18.7. The van der Waals surface area contributed by atoms with E-state index in [-0.39, 0.29) is 13.2 Å². The predicted octanol–water partition coefficient (Wildman–Crippen LogP) is 4.68. The van der Waals surface area contributed by atoms with Gasteiger partial charge in [0.15, 0.2) is 0 Å². The molecule has 0 radical (unpaired) electrons. The number of aromatic amines is 1. The molecule has 1 fully saturated rings. The van der Waals surface area contributed by atoms with Gasteiger partial charge in [0.25, 0.3) is 10.0 Å². The van der Waals surface area contributed by atoms with Crippen molar-refractivity contribution in [2.75, 3.05) is 38.7 Å². The third kappa shape index (κ3) is 4.44. The number of hydrogen-bond acceptors (Lipinski definition) is 6. The van der Waals surface area contributed by atoms with E-state index in [9.17, 15) is 22.7 Å². The molecule has 4 heterocycles. The van der Waals surface area contributed by atoms with Gasteiger partial charge in [0.2, 0.25) is 0 Å². The van der Waals surface area contributed by atoms with Crippen LogP contribution in [0.3, 0.4) is 0 Å². The first-order valence-corrected chi connectivity index (χ1v) is 15.3. The molecular formula is C28H29FN4O5S2. The minimum absolute atomic E-state index is 0.282. The van der Waals surface area contributed by atoms with Crippen molar-refractivity contribution >= 4 is 44.0 Å². The second kappa shape index (κ2) is 10.2. The summed E-state index contributed by atoms with van der Waals surface area (Å²) in [6.45, 7) is 0.548. The Hall–Kier alpha value is -3.45. The van der Waals surface area contributed by atoms with E-state index in [0.717, 1.165) is 22.2 Å². The van der Waals surface area contributed by atoms with E-state index in [0.29, 0.717) is 41.6 Å². The van der Waals surface area contributed by atoms with Gasteiger partial charge in [0.1, 0.15) is 15.8 Å². The van der Waals surface area contributed by atoms with Gasteiger partial charge in [-0.25, -0.2) is 17.6 Å². The Bertz CT molecular complexity index is 1650. The number of sulfonamides is 1. The highest BCUT2D eigenvalue weighted by molar-refractivity contribution is 7.91. The number of benzene rings is 2. The van der Waals surface area contributed by atoms with Crippen molar-refractivity contribution in [3.8, 4) is 5.75 Å². The molecule has 2 amide bonds. The Balaban J connectivity index is 1.40. The Morgan fingerprint density at radius 1 is 1.20 bits per heavy atom. The fourth-order valence-corrected chi connectivity index (χ4v) is 8.63. The maximum absolute atomic E-state index is 13.6. The molecule has 0 bridgehead atoms. The Labute approximate surface area is 235 Å². The van der Waals surface area contributed by atoms with E-state index >= 15 is 0 Å². The van der Waals surface area contributed by atoms with Gasteiger partial charge in [0.05, 0.1) is 19.8 Å². The van der Waals surface area contributed by atoms with Crippen LogP contribution in [0.5, 0.6) is 5.75 Å². The number of piperidine rings is 1. The number of amides is 2. The van der Waals surface area contributed by atoms with E-state index in [1.165, 1.54) is 39.9 Å². The van der Waals surface area contributed by atoms with Gasteiger partial charge in [-0.1, -0.05) is 6.07 Å². The molecular weight excluding hydrogens is 555 g/mol. The van der Waals surface area contributed by atoms with Crippen LogP contribution in [-0.4, -0.2) is 67.1 Å². The van der Waals surface area contributed by atoms with Gasteiger partial charge < -0.3 is 25.0 Å². The first kappa shape index (κ1) is 26.8. The number of fused-ring (bicyclic) bond motifs is 4. The molecule has 4 aromatic rings. The number of nitrogens with one attached hydrogen (secondary N) is 2. The number of methoxy groups -OCH3 is 1. The summed E-state index contributed by atoms with van der Waals surface area (Å²) < 4.78 is 47.3. The lowest BCUT2D eigenvalue weighted by atomic mass is 9.68. The lowest BCUT2D eigenvalue weighted by Gasteiger charge is -2.49. The minimum atomic E-state index is -3.62. The molecule has 2 aliphatic rings. The van der Waals surface area contributed by atoms with E-state index < -0.39 is 33.3 Å². The van der Waals surface area contributed by atoms with Crippen LogP contribution in [0, 0.1) is 5.82 Å². The number of halogens is 1. The van der Waals surface area contributed by atoms with Crippen molar-refractivity contribution in [3.63, 3.8) is 0 Å². The van der Waals surface area contributed by atoms with E-state index in [1.54, 1.807) is 29.5 Å². The number of H-pyrrole nitrogens is 1. The van der Waals surface area contributed by atoms with Gasteiger partial charge in [-0.2, -0.15) is 4.31 Å². The molecule has 2 aromatic heterocycles. The average molecular weight is 585 g/mol. The number of rotatable bonds is 5. The third-order valence-corrected chi connectivity index (χ3v) is 11.3. The second-order valence-corrected chi connectivity index (χ2v) is 13.3. The van der Waals surface area contributed by atoms with Crippen LogP contribution in [-0.2, 0) is 15.4 Å². The number of aliphatic hydroxyl groups excluding tert-OH is 1. The molecule has 210 valence electrons. The monoisotopic (exact) mass is 584 g/mol. The molecule has 9 nitrogen and oxygen atoms in total. The SMILES string of the molecule is COc1ccc2c3c([nH]c2c1)[C@@H](CO)N(C(=O)Nc1ccc(F)cc1)CC31CCN(S(=O)(=O)c2cccs2)CC1. The number of anilines is 1. The summed E-state index contributed by atoms with van der Waals surface area (Å²) >= 11 is 1.20. The van der Waals surface area contributed by atoms with Gasteiger partial charge in [0, 0.05) is 53.4 Å². The van der Waals surface area contributed by atoms with Crippen molar-refractivity contribution in [1.82, 2.24) is 14.2 Å². The van der Waals surface area contributed by atoms with Crippen LogP contribution in [0.2, 0.25) is 0 Å². The topological polar surface area (TPSA) is 115 Å². The summed E-state index contributed by atoms with van der Waals surface area (Å²) in [7, 11) is -2.02. The molecule has 3 N–H and O–H groups in total. The van der Waals surface area contributed by atoms with Crippen molar-refractivity contribution in [2.45, 2.75) is 28.5 Å². The van der Waals surface area contributed by atoms with Crippen molar-refractivity contribution in [1.29, 1.82) is 0 Å². The molecule has 1 saturated heterocycles. The highest BCUT2D eigenvalue weighted by Gasteiger charge is 2.50. The minimum Gasteiger partial charge on any atom is -0.497 e. The average Bonchev–Trinajstić information content (AvgIpc) is 3.64. The zero-order valence-corrected chi connectivity index (χ0v) is 23.4. The largest absolute Gasteiger partial charge is 0.497 e. The molecule has 1 spiro atoms. The van der Waals surface area contributed by atoms with Crippen LogP contribution in [0.15, 0.2) is 64.2 Å². The highest BCUT2D eigenvalue weighted by atomic mass is 32.2. The van der Waals surface area contributed by atoms with Gasteiger partial charge in [-0.15, -0.1) is 11.3 Å². The maximum atomic E-state index is 13.6. The smallest absolute Gasteiger partial charge is 0.322 e. The number of aliphatic hydroxyl groups is 1. The Kier molecular flexibility index (Phi) is 6.81. The predicted molar refractivity (Wildman–Crippen MR) is 151 cm³/mol. The van der Waals surface area contributed by atoms with Crippen molar-refractivity contribution < 1.29 is 27.4 Å². The first-order chi connectivity index (χ1) is 19.3. The molecule has 0 aliphatic carbocycles. The second-order valence-electron chi connectivity index (χ2n) is 10.2. The van der Waals surface area contributed by atoms with Crippen molar-refractivity contribution in [3.05, 3.63) is 77.1 Å². The fourth-order valence-electron chi connectivity index (χ4n) is 6.05. The maximum Gasteiger partial charge on any atom is 0.322 e. The summed E-state index contributed by atoms with van der Waals surface area (Å²) in [6.07, 6.45) is 0.976. The first-order valence-electron chi connectivity index (χ1n) is 12.9. The highest BCUT2D eigenvalue weighted by Crippen LogP contribution is 2.49. The van der Waals surface area contributed by atoms with Gasteiger partial charge >= 0.3 is 6.03 Å². The number of nitrogens with zero attached hydrogens (tertiary/aromatic N) is 2. The van der Waals surface area contributed by atoms with Crippen LogP contribution in [0.25, 0.3) is 10.9 Å². The number of carbonyl (C=O) groups is 1. The number of ether oxygens (including phenoxy) is 1. The number of urea groups is 1. The molecule has 2 aromatic carbocycles. The number of carbonyl (C=O) groups excluding carboxylic acids is 1. The lowest BCUT2D eigenvalue weighted by molar-refractivity contribution is 0.0860. The lowest BCUT2D eigenvalue weighted by Crippen LogP contribution is -2.56. The van der Waals surface area contributed by atoms with E-state index in [2.05, 4.69) is 10.3 Å². The zero-order valence-electron chi connectivity index (χ0n) is 21.8. The quantitative estimate of drug-likeness (QED) is 0.315. The molecule has 0 saturated carbocycles. The third-order valence-electron chi connectivity index (χ3n) is 8.05. The summed E-state index contributed by atoms with van der Waals surface area (Å²) in [5, 5.41) is 16.1. The summed E-state index contributed by atoms with van der Waals surface area (Å²) in [5.41, 5.74) is 2.41. The van der Waals surface area contributed by atoms with Gasteiger partial charge in [-0.3, -0.25) is 0 Å². The molecule has 40 heavy (non-hydrogen) atoms. The van der Waals surface area contributed by atoms with Crippen LogP contribution in [0.1, 0.15) is 30.1 Å². The number of aromatic nitrogens is 1. The molecule has 2 aliphatic heterocycles. The molecule has 1 atom stereocenters. The van der Waals surface area contributed by atoms with Gasteiger partial charge in [-0.05, 0) is 66.2 Å². The zero-order chi connectivity index (χ0) is 28.1. The Morgan fingerprint density at radius 3 is 2.60 bits per heavy atom. The van der Waals surface area contributed by atoms with Crippen molar-refractivity contribution in [2.24, 2.45) is 0 Å².